The number of nitrogens with zero attached hydrogens (tertiary/aromatic N) is 1. The molecule has 2 heterocycles. The summed E-state index contributed by atoms with van der Waals surface area (Å²) in [5, 5.41) is 6.68. The van der Waals surface area contributed by atoms with Crippen LogP contribution in [-0.4, -0.2) is 4.98 Å². The molecule has 0 bridgehead atoms. The molecule has 0 radical (unpaired) electrons. The maximum atomic E-state index is 5.04. The van der Waals surface area contributed by atoms with E-state index < -0.39 is 0 Å². The highest BCUT2D eigenvalue weighted by molar-refractivity contribution is 7.09. The first-order valence-electron chi connectivity index (χ1n) is 5.26. The second-order valence-electron chi connectivity index (χ2n) is 4.40. The van der Waals surface area contributed by atoms with Crippen LogP contribution in [0.5, 0.6) is 0 Å². The van der Waals surface area contributed by atoms with Gasteiger partial charge in [-0.3, -0.25) is 0 Å². The lowest BCUT2D eigenvalue weighted by atomic mass is 10.1. The van der Waals surface area contributed by atoms with Gasteiger partial charge in [0.05, 0.1) is 18.1 Å². The van der Waals surface area contributed by atoms with E-state index in [1.54, 1.807) is 23.9 Å². The van der Waals surface area contributed by atoms with Crippen molar-refractivity contribution in [2.24, 2.45) is 0 Å². The molecule has 2 rings (SSSR count). The monoisotopic (exact) mass is 236 g/mol. The van der Waals surface area contributed by atoms with Gasteiger partial charge in [-0.25, -0.2) is 4.98 Å². The summed E-state index contributed by atoms with van der Waals surface area (Å²) in [6, 6.07) is 1.97. The van der Waals surface area contributed by atoms with Crippen LogP contribution in [0.2, 0.25) is 0 Å². The second kappa shape index (κ2) is 4.39. The van der Waals surface area contributed by atoms with Crippen molar-refractivity contribution >= 4 is 11.3 Å². The Hall–Kier alpha value is -1.13. The Morgan fingerprint density at radius 3 is 2.88 bits per heavy atom. The van der Waals surface area contributed by atoms with Crippen LogP contribution in [-0.2, 0) is 12.1 Å². The molecule has 2 aromatic heterocycles. The SMILES string of the molecule is Cc1csc(C(C)(C)NCc2ccoc2)n1. The van der Waals surface area contributed by atoms with Gasteiger partial charge in [0.25, 0.3) is 0 Å². The summed E-state index contributed by atoms with van der Waals surface area (Å²) in [4.78, 5) is 4.51. The molecule has 0 aliphatic heterocycles. The predicted molar refractivity (Wildman–Crippen MR) is 65.4 cm³/mol. The topological polar surface area (TPSA) is 38.1 Å². The molecule has 0 aromatic carbocycles. The van der Waals surface area contributed by atoms with Crippen LogP contribution in [0.1, 0.15) is 30.1 Å². The maximum Gasteiger partial charge on any atom is 0.112 e. The van der Waals surface area contributed by atoms with Gasteiger partial charge < -0.3 is 9.73 Å². The molecule has 0 fully saturated rings. The summed E-state index contributed by atoms with van der Waals surface area (Å²) in [5.41, 5.74) is 2.13. The van der Waals surface area contributed by atoms with Gasteiger partial charge in [-0.2, -0.15) is 0 Å². The molecule has 3 nitrogen and oxygen atoms in total. The molecular formula is C12H16N2OS. The van der Waals surface area contributed by atoms with Crippen molar-refractivity contribution in [2.45, 2.75) is 32.9 Å². The fourth-order valence-electron chi connectivity index (χ4n) is 1.43. The van der Waals surface area contributed by atoms with Crippen molar-refractivity contribution in [1.82, 2.24) is 10.3 Å². The highest BCUT2D eigenvalue weighted by atomic mass is 32.1. The number of aromatic nitrogens is 1. The molecule has 0 spiro atoms. The third kappa shape index (κ3) is 2.51. The smallest absolute Gasteiger partial charge is 0.112 e. The average Bonchev–Trinajstić information content (AvgIpc) is 2.85. The van der Waals surface area contributed by atoms with E-state index in [1.165, 1.54) is 0 Å². The van der Waals surface area contributed by atoms with Crippen LogP contribution in [0.3, 0.4) is 0 Å². The molecule has 2 aromatic rings. The third-order valence-electron chi connectivity index (χ3n) is 2.47. The fourth-order valence-corrected chi connectivity index (χ4v) is 2.33. The van der Waals surface area contributed by atoms with Crippen molar-refractivity contribution in [3.63, 3.8) is 0 Å². The van der Waals surface area contributed by atoms with Gasteiger partial charge in [-0.15, -0.1) is 11.3 Å². The molecule has 1 N–H and O–H groups in total. The maximum absolute atomic E-state index is 5.04. The van der Waals surface area contributed by atoms with Crippen molar-refractivity contribution in [2.75, 3.05) is 0 Å². The van der Waals surface area contributed by atoms with E-state index in [1.807, 2.05) is 13.0 Å². The fraction of sp³-hybridized carbons (Fsp3) is 0.417. The van der Waals surface area contributed by atoms with Crippen LogP contribution in [0.15, 0.2) is 28.4 Å². The van der Waals surface area contributed by atoms with E-state index in [4.69, 9.17) is 4.42 Å². The van der Waals surface area contributed by atoms with E-state index in [0.717, 1.165) is 22.8 Å². The van der Waals surface area contributed by atoms with E-state index >= 15 is 0 Å². The summed E-state index contributed by atoms with van der Waals surface area (Å²) in [6.45, 7) is 7.10. The van der Waals surface area contributed by atoms with Gasteiger partial charge >= 0.3 is 0 Å². The van der Waals surface area contributed by atoms with Crippen LogP contribution in [0.25, 0.3) is 0 Å². The molecule has 0 aliphatic carbocycles. The molecule has 0 saturated carbocycles. The number of nitrogens with one attached hydrogen (secondary N) is 1. The Labute approximate surface area is 99.5 Å². The first kappa shape index (κ1) is 11.4. The number of thiazole rings is 1. The Kier molecular flexibility index (Phi) is 3.12. The van der Waals surface area contributed by atoms with E-state index in [2.05, 4.69) is 29.5 Å². The van der Waals surface area contributed by atoms with Crippen LogP contribution in [0, 0.1) is 6.92 Å². The largest absolute Gasteiger partial charge is 0.472 e. The summed E-state index contributed by atoms with van der Waals surface area (Å²) in [6.07, 6.45) is 3.45. The summed E-state index contributed by atoms with van der Waals surface area (Å²) < 4.78 is 5.04. The zero-order chi connectivity index (χ0) is 11.6. The number of hydrogen-bond donors (Lipinski definition) is 1. The van der Waals surface area contributed by atoms with Crippen molar-refractivity contribution in [3.05, 3.63) is 40.2 Å². The Morgan fingerprint density at radius 2 is 2.31 bits per heavy atom. The number of rotatable bonds is 4. The van der Waals surface area contributed by atoms with Gasteiger partial charge in [0.15, 0.2) is 0 Å². The predicted octanol–water partition coefficient (Wildman–Crippen LogP) is 3.07. The van der Waals surface area contributed by atoms with Crippen molar-refractivity contribution in [1.29, 1.82) is 0 Å². The highest BCUT2D eigenvalue weighted by Gasteiger charge is 2.23. The first-order valence-corrected chi connectivity index (χ1v) is 6.14. The quantitative estimate of drug-likeness (QED) is 0.886. The van der Waals surface area contributed by atoms with E-state index in [-0.39, 0.29) is 5.54 Å². The Bertz CT molecular complexity index is 445. The lowest BCUT2D eigenvalue weighted by Crippen LogP contribution is -2.35. The van der Waals surface area contributed by atoms with Crippen LogP contribution in [0.4, 0.5) is 0 Å². The molecular weight excluding hydrogens is 220 g/mol. The molecule has 0 atom stereocenters. The lowest BCUT2D eigenvalue weighted by molar-refractivity contribution is 0.398. The number of aryl methyl sites for hydroxylation is 1. The normalized spacial score (nSPS) is 11.9. The van der Waals surface area contributed by atoms with Gasteiger partial charge in [0.2, 0.25) is 0 Å². The van der Waals surface area contributed by atoms with Crippen LogP contribution >= 0.6 is 11.3 Å². The standard InChI is InChI=1S/C12H16N2OS/c1-9-8-16-11(14-9)12(2,3)13-6-10-4-5-15-7-10/h4-5,7-8,13H,6H2,1-3H3. The third-order valence-corrected chi connectivity index (χ3v) is 3.75. The molecule has 4 heteroatoms. The minimum absolute atomic E-state index is 0.101. The molecule has 86 valence electrons. The van der Waals surface area contributed by atoms with Crippen LogP contribution < -0.4 is 5.32 Å². The second-order valence-corrected chi connectivity index (χ2v) is 5.26. The Balaban J connectivity index is 2.02. The zero-order valence-electron chi connectivity index (χ0n) is 9.78. The summed E-state index contributed by atoms with van der Waals surface area (Å²) >= 11 is 1.70. The van der Waals surface area contributed by atoms with Gasteiger partial charge in [0, 0.05) is 23.2 Å². The average molecular weight is 236 g/mol. The minimum Gasteiger partial charge on any atom is -0.472 e. The first-order chi connectivity index (χ1) is 7.58. The highest BCUT2D eigenvalue weighted by Crippen LogP contribution is 2.24. The number of hydrogen-bond acceptors (Lipinski definition) is 4. The molecule has 0 saturated heterocycles. The number of furan rings is 1. The van der Waals surface area contributed by atoms with Crippen molar-refractivity contribution < 1.29 is 4.42 Å². The summed E-state index contributed by atoms with van der Waals surface area (Å²) in [7, 11) is 0. The van der Waals surface area contributed by atoms with Gasteiger partial charge in [0.1, 0.15) is 5.01 Å². The molecule has 0 amide bonds. The molecule has 0 unspecified atom stereocenters. The van der Waals surface area contributed by atoms with E-state index in [0.29, 0.717) is 0 Å². The molecule has 0 aliphatic rings. The minimum atomic E-state index is -0.101. The van der Waals surface area contributed by atoms with Gasteiger partial charge in [-0.05, 0) is 26.8 Å². The summed E-state index contributed by atoms with van der Waals surface area (Å²) in [5.74, 6) is 0. The van der Waals surface area contributed by atoms with E-state index in [9.17, 15) is 0 Å². The van der Waals surface area contributed by atoms with Gasteiger partial charge in [-0.1, -0.05) is 0 Å². The lowest BCUT2D eigenvalue weighted by Gasteiger charge is -2.23. The Morgan fingerprint density at radius 1 is 1.50 bits per heavy atom. The van der Waals surface area contributed by atoms with Crippen molar-refractivity contribution in [3.8, 4) is 0 Å². The zero-order valence-corrected chi connectivity index (χ0v) is 10.6. The molecule has 16 heavy (non-hydrogen) atoms.